The van der Waals surface area contributed by atoms with Crippen molar-refractivity contribution in [2.24, 2.45) is 0 Å². The van der Waals surface area contributed by atoms with Crippen LogP contribution >= 0.6 is 11.8 Å². The van der Waals surface area contributed by atoms with Gasteiger partial charge >= 0.3 is 0 Å². The summed E-state index contributed by atoms with van der Waals surface area (Å²) in [7, 11) is 0. The van der Waals surface area contributed by atoms with Crippen molar-refractivity contribution in [1.82, 2.24) is 15.5 Å². The molecule has 30 heavy (non-hydrogen) atoms. The normalized spacial score (nSPS) is 15.3. The number of rotatable bonds is 5. The third-order valence-corrected chi connectivity index (χ3v) is 6.13. The highest BCUT2D eigenvalue weighted by Crippen LogP contribution is 2.36. The van der Waals surface area contributed by atoms with E-state index in [0.717, 1.165) is 40.3 Å². The standard InChI is InChI=1S/C23H19N3O3S/c27-20-7-3-6-17-18(20)10-11-19(17)24-21(28)13-30-23-26-25-22(29-23)16-9-8-14-4-1-2-5-15(14)12-16/h1-9,12,19,27H,10-11,13H2,(H,24,28). The Labute approximate surface area is 177 Å². The van der Waals surface area contributed by atoms with Crippen molar-refractivity contribution in [3.63, 3.8) is 0 Å². The second-order valence-electron chi connectivity index (χ2n) is 7.23. The van der Waals surface area contributed by atoms with Crippen LogP contribution in [0.25, 0.3) is 22.2 Å². The number of aromatic nitrogens is 2. The molecule has 1 unspecified atom stereocenters. The average molecular weight is 417 g/mol. The molecule has 1 aromatic heterocycles. The Morgan fingerprint density at radius 2 is 1.97 bits per heavy atom. The van der Waals surface area contributed by atoms with E-state index in [1.807, 2.05) is 42.5 Å². The molecular weight excluding hydrogens is 398 g/mol. The number of hydrogen-bond donors (Lipinski definition) is 2. The monoisotopic (exact) mass is 417 g/mol. The summed E-state index contributed by atoms with van der Waals surface area (Å²) in [4.78, 5) is 12.4. The van der Waals surface area contributed by atoms with Crippen LogP contribution in [0.5, 0.6) is 5.75 Å². The van der Waals surface area contributed by atoms with Gasteiger partial charge in [-0.25, -0.2) is 0 Å². The molecule has 0 fully saturated rings. The smallest absolute Gasteiger partial charge is 0.277 e. The average Bonchev–Trinajstić information content (AvgIpc) is 3.40. The molecular formula is C23H19N3O3S. The molecule has 1 aliphatic rings. The number of hydrogen-bond acceptors (Lipinski definition) is 6. The minimum absolute atomic E-state index is 0.0731. The van der Waals surface area contributed by atoms with Crippen LogP contribution in [-0.2, 0) is 11.2 Å². The molecule has 3 aromatic carbocycles. The number of phenols is 1. The zero-order chi connectivity index (χ0) is 20.5. The lowest BCUT2D eigenvalue weighted by atomic mass is 10.1. The molecule has 1 atom stereocenters. The van der Waals surface area contributed by atoms with Crippen molar-refractivity contribution in [3.05, 3.63) is 71.8 Å². The van der Waals surface area contributed by atoms with Crippen LogP contribution in [0.1, 0.15) is 23.6 Å². The minimum atomic E-state index is -0.105. The van der Waals surface area contributed by atoms with Gasteiger partial charge in [-0.3, -0.25) is 4.79 Å². The summed E-state index contributed by atoms with van der Waals surface area (Å²) in [5.41, 5.74) is 2.76. The van der Waals surface area contributed by atoms with Crippen LogP contribution in [0.15, 0.2) is 70.3 Å². The van der Waals surface area contributed by atoms with Crippen LogP contribution in [-0.4, -0.2) is 27.0 Å². The van der Waals surface area contributed by atoms with Crippen molar-refractivity contribution >= 4 is 28.4 Å². The summed E-state index contributed by atoms with van der Waals surface area (Å²) in [6.45, 7) is 0. The minimum Gasteiger partial charge on any atom is -0.508 e. The molecule has 1 heterocycles. The molecule has 5 rings (SSSR count). The molecule has 0 spiro atoms. The van der Waals surface area contributed by atoms with Crippen LogP contribution in [0.3, 0.4) is 0 Å². The van der Waals surface area contributed by atoms with Crippen molar-refractivity contribution < 1.29 is 14.3 Å². The Bertz CT molecular complexity index is 1240. The lowest BCUT2D eigenvalue weighted by Crippen LogP contribution is -2.28. The second-order valence-corrected chi connectivity index (χ2v) is 8.15. The first-order valence-corrected chi connectivity index (χ1v) is 10.7. The number of aromatic hydroxyl groups is 1. The quantitative estimate of drug-likeness (QED) is 0.465. The number of thioether (sulfide) groups is 1. The number of amides is 1. The number of benzene rings is 3. The molecule has 0 aliphatic heterocycles. The van der Waals surface area contributed by atoms with Gasteiger partial charge in [0.05, 0.1) is 11.8 Å². The van der Waals surface area contributed by atoms with Gasteiger partial charge in [0.15, 0.2) is 0 Å². The van der Waals surface area contributed by atoms with E-state index in [1.54, 1.807) is 12.1 Å². The maximum absolute atomic E-state index is 12.4. The topological polar surface area (TPSA) is 88.2 Å². The predicted octanol–water partition coefficient (Wildman–Crippen LogP) is 4.49. The van der Waals surface area contributed by atoms with Crippen molar-refractivity contribution in [2.45, 2.75) is 24.1 Å². The summed E-state index contributed by atoms with van der Waals surface area (Å²) in [6, 6.07) is 19.4. The highest BCUT2D eigenvalue weighted by atomic mass is 32.2. The molecule has 150 valence electrons. The predicted molar refractivity (Wildman–Crippen MR) is 115 cm³/mol. The summed E-state index contributed by atoms with van der Waals surface area (Å²) in [5.74, 6) is 0.811. The zero-order valence-electron chi connectivity index (χ0n) is 16.0. The zero-order valence-corrected chi connectivity index (χ0v) is 16.9. The van der Waals surface area contributed by atoms with Crippen LogP contribution in [0.4, 0.5) is 0 Å². The summed E-state index contributed by atoms with van der Waals surface area (Å²) < 4.78 is 5.74. The van der Waals surface area contributed by atoms with Gasteiger partial charge in [0.2, 0.25) is 11.8 Å². The molecule has 0 bridgehead atoms. The summed E-state index contributed by atoms with van der Waals surface area (Å²) >= 11 is 1.21. The van der Waals surface area contributed by atoms with E-state index in [-0.39, 0.29) is 17.7 Å². The van der Waals surface area contributed by atoms with Crippen LogP contribution in [0, 0.1) is 0 Å². The molecule has 0 radical (unpaired) electrons. The number of fused-ring (bicyclic) bond motifs is 2. The first kappa shape index (κ1) is 18.7. The lowest BCUT2D eigenvalue weighted by molar-refractivity contribution is -0.119. The van der Waals surface area contributed by atoms with Crippen molar-refractivity contribution in [2.75, 3.05) is 5.75 Å². The van der Waals surface area contributed by atoms with E-state index in [4.69, 9.17) is 4.42 Å². The first-order valence-electron chi connectivity index (χ1n) is 9.73. The SMILES string of the molecule is O=C(CSc1nnc(-c2ccc3ccccc3c2)o1)NC1CCc2c(O)cccc21. The Hall–Kier alpha value is -3.32. The van der Waals surface area contributed by atoms with Gasteiger partial charge in [-0.05, 0) is 52.9 Å². The van der Waals surface area contributed by atoms with Crippen LogP contribution < -0.4 is 5.32 Å². The van der Waals surface area contributed by atoms with Gasteiger partial charge < -0.3 is 14.8 Å². The maximum atomic E-state index is 12.4. The fourth-order valence-electron chi connectivity index (χ4n) is 3.86. The molecule has 4 aromatic rings. The molecule has 0 saturated heterocycles. The van der Waals surface area contributed by atoms with Gasteiger partial charge in [-0.1, -0.05) is 54.2 Å². The molecule has 1 amide bonds. The highest BCUT2D eigenvalue weighted by molar-refractivity contribution is 7.99. The van der Waals surface area contributed by atoms with E-state index in [9.17, 15) is 9.90 Å². The lowest BCUT2D eigenvalue weighted by Gasteiger charge is -2.13. The number of nitrogens with one attached hydrogen (secondary N) is 1. The third kappa shape index (κ3) is 3.64. The van der Waals surface area contributed by atoms with Gasteiger partial charge in [-0.15, -0.1) is 10.2 Å². The van der Waals surface area contributed by atoms with Crippen LogP contribution in [0.2, 0.25) is 0 Å². The summed E-state index contributed by atoms with van der Waals surface area (Å²) in [5, 5.41) is 23.8. The fraction of sp³-hybridized carbons (Fsp3) is 0.174. The molecule has 0 saturated carbocycles. The van der Waals surface area contributed by atoms with E-state index < -0.39 is 0 Å². The van der Waals surface area contributed by atoms with Crippen molar-refractivity contribution in [1.29, 1.82) is 0 Å². The maximum Gasteiger partial charge on any atom is 0.277 e. The number of nitrogens with zero attached hydrogens (tertiary/aromatic N) is 2. The van der Waals surface area contributed by atoms with Gasteiger partial charge in [0.25, 0.3) is 5.22 Å². The second kappa shape index (κ2) is 7.84. The van der Waals surface area contributed by atoms with E-state index in [1.165, 1.54) is 11.8 Å². The van der Waals surface area contributed by atoms with Crippen molar-refractivity contribution in [3.8, 4) is 17.2 Å². The van der Waals surface area contributed by atoms with Gasteiger partial charge in [-0.2, -0.15) is 0 Å². The number of carbonyl (C=O) groups is 1. The molecule has 6 nitrogen and oxygen atoms in total. The molecule has 2 N–H and O–H groups in total. The van der Waals surface area contributed by atoms with E-state index in [0.29, 0.717) is 16.9 Å². The van der Waals surface area contributed by atoms with Gasteiger partial charge in [0.1, 0.15) is 5.75 Å². The molecule has 7 heteroatoms. The largest absolute Gasteiger partial charge is 0.508 e. The Balaban J connectivity index is 1.22. The van der Waals surface area contributed by atoms with E-state index >= 15 is 0 Å². The third-order valence-electron chi connectivity index (χ3n) is 5.31. The highest BCUT2D eigenvalue weighted by Gasteiger charge is 2.26. The fourth-order valence-corrected chi connectivity index (χ4v) is 4.43. The molecule has 1 aliphatic carbocycles. The Morgan fingerprint density at radius 1 is 1.10 bits per heavy atom. The summed E-state index contributed by atoms with van der Waals surface area (Å²) in [6.07, 6.45) is 1.55. The number of carbonyl (C=O) groups excluding carboxylic acids is 1. The Kier molecular flexibility index (Phi) is 4.88. The van der Waals surface area contributed by atoms with Gasteiger partial charge in [0, 0.05) is 5.56 Å². The first-order chi connectivity index (χ1) is 14.7. The number of phenolic OH excluding ortho intramolecular Hbond substituents is 1. The Morgan fingerprint density at radius 3 is 2.87 bits per heavy atom. The van der Waals surface area contributed by atoms with E-state index in [2.05, 4.69) is 21.6 Å².